The van der Waals surface area contributed by atoms with E-state index >= 15 is 0 Å². The summed E-state index contributed by atoms with van der Waals surface area (Å²) >= 11 is 1.42. The lowest BCUT2D eigenvalue weighted by molar-refractivity contribution is 0.252. The van der Waals surface area contributed by atoms with Gasteiger partial charge in [0.1, 0.15) is 5.75 Å². The summed E-state index contributed by atoms with van der Waals surface area (Å²) in [6.07, 6.45) is 2.92. The molecule has 1 heterocycles. The molecule has 0 amide bonds. The smallest absolute Gasteiger partial charge is 0.276 e. The van der Waals surface area contributed by atoms with E-state index in [4.69, 9.17) is 9.15 Å². The Morgan fingerprint density at radius 2 is 2.00 bits per heavy atom. The predicted molar refractivity (Wildman–Crippen MR) is 66.2 cm³/mol. The van der Waals surface area contributed by atoms with Gasteiger partial charge < -0.3 is 9.15 Å². The summed E-state index contributed by atoms with van der Waals surface area (Å²) in [5.41, 5.74) is 1.29. The first-order valence-electron chi connectivity index (χ1n) is 5.40. The summed E-state index contributed by atoms with van der Waals surface area (Å²) in [7, 11) is 0. The molecule has 0 radical (unpaired) electrons. The summed E-state index contributed by atoms with van der Waals surface area (Å²) in [5.74, 6) is 1.31. The first-order chi connectivity index (χ1) is 8.31. The van der Waals surface area contributed by atoms with Gasteiger partial charge in [-0.25, -0.2) is 0 Å². The van der Waals surface area contributed by atoms with Crippen LogP contribution in [0.5, 0.6) is 5.75 Å². The third-order valence-corrected chi connectivity index (χ3v) is 2.83. The topological polar surface area (TPSA) is 48.2 Å². The van der Waals surface area contributed by atoms with Crippen LogP contribution < -0.4 is 4.74 Å². The van der Waals surface area contributed by atoms with Crippen molar-refractivity contribution in [1.82, 2.24) is 10.2 Å². The zero-order valence-corrected chi connectivity index (χ0v) is 10.7. The van der Waals surface area contributed by atoms with Crippen LogP contribution in [0.4, 0.5) is 0 Å². The molecule has 1 aromatic carbocycles. The molecule has 0 aliphatic rings. The van der Waals surface area contributed by atoms with Crippen LogP contribution in [-0.2, 0) is 13.0 Å². The minimum Gasteiger partial charge on any atom is -0.484 e. The van der Waals surface area contributed by atoms with Crippen molar-refractivity contribution in [2.75, 3.05) is 6.26 Å². The van der Waals surface area contributed by atoms with Crippen LogP contribution in [0.15, 0.2) is 33.9 Å². The highest BCUT2D eigenvalue weighted by Crippen LogP contribution is 2.16. The average molecular weight is 250 g/mol. The van der Waals surface area contributed by atoms with Gasteiger partial charge in [0.15, 0.2) is 6.61 Å². The van der Waals surface area contributed by atoms with Crippen LogP contribution in [0.2, 0.25) is 0 Å². The first kappa shape index (κ1) is 12.0. The molecule has 17 heavy (non-hydrogen) atoms. The zero-order valence-electron chi connectivity index (χ0n) is 9.84. The Labute approximate surface area is 104 Å². The van der Waals surface area contributed by atoms with Gasteiger partial charge in [-0.1, -0.05) is 30.8 Å². The quantitative estimate of drug-likeness (QED) is 0.763. The SMILES string of the molecule is CCc1ccc(OCc2nnc(SC)o2)cc1. The number of rotatable bonds is 5. The van der Waals surface area contributed by atoms with Gasteiger partial charge in [0.25, 0.3) is 11.1 Å². The molecule has 0 bridgehead atoms. The molecule has 0 aliphatic carbocycles. The summed E-state index contributed by atoms with van der Waals surface area (Å²) in [6.45, 7) is 2.43. The largest absolute Gasteiger partial charge is 0.484 e. The van der Waals surface area contributed by atoms with Gasteiger partial charge in [0.2, 0.25) is 0 Å². The fourth-order valence-corrected chi connectivity index (χ4v) is 1.65. The van der Waals surface area contributed by atoms with E-state index in [9.17, 15) is 0 Å². The second kappa shape index (κ2) is 5.72. The molecule has 4 nitrogen and oxygen atoms in total. The third kappa shape index (κ3) is 3.23. The molecule has 5 heteroatoms. The van der Waals surface area contributed by atoms with Crippen LogP contribution in [-0.4, -0.2) is 16.5 Å². The molecule has 90 valence electrons. The Morgan fingerprint density at radius 3 is 2.59 bits per heavy atom. The lowest BCUT2D eigenvalue weighted by atomic mass is 10.2. The predicted octanol–water partition coefficient (Wildman–Crippen LogP) is 2.93. The number of hydrogen-bond acceptors (Lipinski definition) is 5. The number of benzene rings is 1. The highest BCUT2D eigenvalue weighted by molar-refractivity contribution is 7.98. The highest BCUT2D eigenvalue weighted by atomic mass is 32.2. The molecular weight excluding hydrogens is 236 g/mol. The fraction of sp³-hybridized carbons (Fsp3) is 0.333. The van der Waals surface area contributed by atoms with Crippen molar-refractivity contribution < 1.29 is 9.15 Å². The van der Waals surface area contributed by atoms with Gasteiger partial charge in [0, 0.05) is 0 Å². The lowest BCUT2D eigenvalue weighted by Crippen LogP contribution is -1.95. The second-order valence-corrected chi connectivity index (χ2v) is 4.21. The summed E-state index contributed by atoms with van der Waals surface area (Å²) in [4.78, 5) is 0. The number of aryl methyl sites for hydroxylation is 1. The Kier molecular flexibility index (Phi) is 4.03. The molecule has 0 unspecified atom stereocenters. The molecule has 1 aromatic heterocycles. The number of nitrogens with zero attached hydrogens (tertiary/aromatic N) is 2. The summed E-state index contributed by atoms with van der Waals surface area (Å²) in [5, 5.41) is 8.27. The van der Waals surface area contributed by atoms with E-state index in [-0.39, 0.29) is 0 Å². The van der Waals surface area contributed by atoms with Crippen LogP contribution >= 0.6 is 11.8 Å². The number of thioether (sulfide) groups is 1. The van der Waals surface area contributed by atoms with Crippen molar-refractivity contribution >= 4 is 11.8 Å². The van der Waals surface area contributed by atoms with Crippen molar-refractivity contribution in [2.24, 2.45) is 0 Å². The minimum atomic E-state index is 0.305. The van der Waals surface area contributed by atoms with E-state index in [0.29, 0.717) is 17.7 Å². The summed E-state index contributed by atoms with van der Waals surface area (Å²) in [6, 6.07) is 8.00. The third-order valence-electron chi connectivity index (χ3n) is 2.32. The maximum absolute atomic E-state index is 5.54. The van der Waals surface area contributed by atoms with Crippen molar-refractivity contribution in [3.8, 4) is 5.75 Å². The van der Waals surface area contributed by atoms with Gasteiger partial charge in [-0.05, 0) is 30.4 Å². The average Bonchev–Trinajstić information content (AvgIpc) is 2.85. The van der Waals surface area contributed by atoms with E-state index in [1.807, 2.05) is 18.4 Å². The molecule has 0 aliphatic heterocycles. The minimum absolute atomic E-state index is 0.305. The summed E-state index contributed by atoms with van der Waals surface area (Å²) < 4.78 is 10.9. The van der Waals surface area contributed by atoms with Gasteiger partial charge in [0.05, 0.1) is 0 Å². The molecule has 2 rings (SSSR count). The van der Waals surface area contributed by atoms with E-state index in [2.05, 4.69) is 29.3 Å². The fourth-order valence-electron chi connectivity index (χ4n) is 1.35. The maximum Gasteiger partial charge on any atom is 0.276 e. The van der Waals surface area contributed by atoms with E-state index in [0.717, 1.165) is 12.2 Å². The molecule has 0 N–H and O–H groups in total. The molecule has 2 aromatic rings. The molecule has 0 saturated heterocycles. The van der Waals surface area contributed by atoms with Gasteiger partial charge >= 0.3 is 0 Å². The molecule has 0 fully saturated rings. The number of hydrogen-bond donors (Lipinski definition) is 0. The Balaban J connectivity index is 1.92. The Morgan fingerprint density at radius 1 is 1.24 bits per heavy atom. The van der Waals surface area contributed by atoms with Crippen molar-refractivity contribution in [3.63, 3.8) is 0 Å². The maximum atomic E-state index is 5.54. The lowest BCUT2D eigenvalue weighted by Gasteiger charge is -2.03. The monoisotopic (exact) mass is 250 g/mol. The van der Waals surface area contributed by atoms with E-state index in [1.54, 1.807) is 0 Å². The van der Waals surface area contributed by atoms with E-state index < -0.39 is 0 Å². The number of aromatic nitrogens is 2. The van der Waals surface area contributed by atoms with Gasteiger partial charge in [-0.3, -0.25) is 0 Å². The van der Waals surface area contributed by atoms with Crippen LogP contribution in [0, 0.1) is 0 Å². The standard InChI is InChI=1S/C12H14N2O2S/c1-3-9-4-6-10(7-5-9)15-8-11-13-14-12(16-11)17-2/h4-7H,3,8H2,1-2H3. The normalized spacial score (nSPS) is 10.5. The van der Waals surface area contributed by atoms with Crippen molar-refractivity contribution in [3.05, 3.63) is 35.7 Å². The van der Waals surface area contributed by atoms with Crippen LogP contribution in [0.25, 0.3) is 0 Å². The Bertz CT molecular complexity index is 468. The highest BCUT2D eigenvalue weighted by Gasteiger charge is 2.05. The molecule has 0 atom stereocenters. The first-order valence-corrected chi connectivity index (χ1v) is 6.62. The van der Waals surface area contributed by atoms with Crippen molar-refractivity contribution in [1.29, 1.82) is 0 Å². The number of ether oxygens (including phenoxy) is 1. The van der Waals surface area contributed by atoms with Gasteiger partial charge in [-0.2, -0.15) is 0 Å². The zero-order chi connectivity index (χ0) is 12.1. The molecular formula is C12H14N2O2S. The second-order valence-electron chi connectivity index (χ2n) is 3.45. The molecule has 0 saturated carbocycles. The Hall–Kier alpha value is -1.49. The van der Waals surface area contributed by atoms with Crippen LogP contribution in [0.1, 0.15) is 18.4 Å². The molecule has 0 spiro atoms. The van der Waals surface area contributed by atoms with E-state index in [1.165, 1.54) is 17.3 Å². The van der Waals surface area contributed by atoms with Gasteiger partial charge in [-0.15, -0.1) is 10.2 Å². The van der Waals surface area contributed by atoms with Crippen LogP contribution in [0.3, 0.4) is 0 Å². The van der Waals surface area contributed by atoms with Crippen molar-refractivity contribution in [2.45, 2.75) is 25.2 Å².